The molecule has 1 N–H and O–H groups in total. The van der Waals surface area contributed by atoms with E-state index in [1.165, 1.54) is 18.2 Å². The van der Waals surface area contributed by atoms with Crippen molar-refractivity contribution in [3.8, 4) is 5.75 Å². The van der Waals surface area contributed by atoms with Crippen LogP contribution in [0.3, 0.4) is 0 Å². The number of para-hydroxylation sites is 1. The van der Waals surface area contributed by atoms with Crippen LogP contribution >= 0.6 is 0 Å². The van der Waals surface area contributed by atoms with Crippen LogP contribution in [-0.4, -0.2) is 55.2 Å². The molecule has 10 heteroatoms. The number of hydrogen-bond acceptors (Lipinski definition) is 6. The number of imide groups is 1. The fraction of sp³-hybridized carbons (Fsp3) is 0.250. The molecule has 2 aromatic rings. The van der Waals surface area contributed by atoms with E-state index < -0.39 is 33.4 Å². The van der Waals surface area contributed by atoms with Crippen molar-refractivity contribution in [1.82, 2.24) is 14.5 Å². The molecule has 30 heavy (non-hydrogen) atoms. The highest BCUT2D eigenvalue weighted by atomic mass is 32.2. The second-order valence-electron chi connectivity index (χ2n) is 7.27. The number of sulfonamides is 1. The molecule has 1 fully saturated rings. The highest BCUT2D eigenvalue weighted by Crippen LogP contribution is 2.41. The summed E-state index contributed by atoms with van der Waals surface area (Å²) in [7, 11) is -4.01. The third-order valence-electron chi connectivity index (χ3n) is 5.70. The van der Waals surface area contributed by atoms with Crippen molar-refractivity contribution in [2.45, 2.75) is 16.9 Å². The number of ether oxygens (including phenoxy) is 1. The monoisotopic (exact) mass is 427 g/mol. The first-order valence-electron chi connectivity index (χ1n) is 9.39. The van der Waals surface area contributed by atoms with Crippen LogP contribution in [0, 0.1) is 0 Å². The highest BCUT2D eigenvalue weighted by molar-refractivity contribution is 7.90. The zero-order valence-corrected chi connectivity index (χ0v) is 16.5. The second kappa shape index (κ2) is 6.30. The summed E-state index contributed by atoms with van der Waals surface area (Å²) < 4.78 is 31.7. The Bertz CT molecular complexity index is 1210. The Morgan fingerprint density at radius 2 is 1.73 bits per heavy atom. The normalized spacial score (nSPS) is 23.9. The predicted octanol–water partition coefficient (Wildman–Crippen LogP) is 1.06. The first-order chi connectivity index (χ1) is 14.4. The molecule has 0 aromatic heterocycles. The number of carbonyl (C=O) groups is 3. The molecule has 5 rings (SSSR count). The van der Waals surface area contributed by atoms with Crippen LogP contribution in [0.15, 0.2) is 53.4 Å². The maximum absolute atomic E-state index is 13.3. The first-order valence-corrected chi connectivity index (χ1v) is 10.8. The van der Waals surface area contributed by atoms with Crippen LogP contribution < -0.4 is 10.1 Å². The lowest BCUT2D eigenvalue weighted by Crippen LogP contribution is -2.48. The molecule has 1 saturated heterocycles. The van der Waals surface area contributed by atoms with E-state index >= 15 is 0 Å². The van der Waals surface area contributed by atoms with Crippen molar-refractivity contribution in [3.05, 3.63) is 59.7 Å². The maximum Gasteiger partial charge on any atom is 0.325 e. The first kappa shape index (κ1) is 18.6. The van der Waals surface area contributed by atoms with E-state index in [0.29, 0.717) is 15.6 Å². The summed E-state index contributed by atoms with van der Waals surface area (Å²) in [6.07, 6.45) is 0.261. The van der Waals surface area contributed by atoms with Crippen LogP contribution in [-0.2, 0) is 20.4 Å². The molecule has 1 atom stereocenters. The minimum atomic E-state index is -4.01. The summed E-state index contributed by atoms with van der Waals surface area (Å²) in [5, 5.41) is 2.75. The smallest absolute Gasteiger partial charge is 0.325 e. The molecule has 1 spiro atoms. The van der Waals surface area contributed by atoms with Crippen molar-refractivity contribution in [2.24, 2.45) is 0 Å². The van der Waals surface area contributed by atoms with E-state index in [0.717, 1.165) is 4.90 Å². The van der Waals surface area contributed by atoms with Crippen LogP contribution in [0.4, 0.5) is 4.79 Å². The zero-order valence-electron chi connectivity index (χ0n) is 15.7. The molecule has 4 amide bonds. The largest absolute Gasteiger partial charge is 0.493 e. The van der Waals surface area contributed by atoms with E-state index in [9.17, 15) is 22.8 Å². The SMILES string of the molecule is O=C1N[C@@]2(CCOc3ccccc32)C(=O)N1CCN1C(=O)c2ccccc2S1(=O)=O. The van der Waals surface area contributed by atoms with Gasteiger partial charge in [-0.25, -0.2) is 17.5 Å². The summed E-state index contributed by atoms with van der Waals surface area (Å²) in [6.45, 7) is -0.303. The minimum Gasteiger partial charge on any atom is -0.493 e. The molecule has 3 aliphatic rings. The van der Waals surface area contributed by atoms with E-state index in [1.54, 1.807) is 30.3 Å². The van der Waals surface area contributed by atoms with Crippen molar-refractivity contribution >= 4 is 27.9 Å². The number of hydrogen-bond donors (Lipinski definition) is 1. The number of urea groups is 1. The average Bonchev–Trinajstić information content (AvgIpc) is 3.09. The molecule has 2 aromatic carbocycles. The minimum absolute atomic E-state index is 0.0676. The Labute approximate surface area is 172 Å². The van der Waals surface area contributed by atoms with Crippen LogP contribution in [0.1, 0.15) is 22.3 Å². The highest BCUT2D eigenvalue weighted by Gasteiger charge is 2.55. The fourth-order valence-corrected chi connectivity index (χ4v) is 5.78. The van der Waals surface area contributed by atoms with E-state index in [2.05, 4.69) is 5.32 Å². The van der Waals surface area contributed by atoms with Crippen LogP contribution in [0.5, 0.6) is 5.75 Å². The molecular formula is C20H17N3O6S. The Balaban J connectivity index is 1.41. The topological polar surface area (TPSA) is 113 Å². The van der Waals surface area contributed by atoms with Gasteiger partial charge in [0.25, 0.3) is 21.8 Å². The number of amides is 4. The van der Waals surface area contributed by atoms with Gasteiger partial charge in [0.05, 0.1) is 18.7 Å². The van der Waals surface area contributed by atoms with Crippen molar-refractivity contribution in [2.75, 3.05) is 19.7 Å². The molecule has 0 saturated carbocycles. The summed E-state index contributed by atoms with van der Waals surface area (Å²) in [6, 6.07) is 12.3. The molecular weight excluding hydrogens is 410 g/mol. The maximum atomic E-state index is 13.3. The number of rotatable bonds is 3. The number of nitrogens with zero attached hydrogens (tertiary/aromatic N) is 2. The van der Waals surface area contributed by atoms with E-state index in [1.807, 2.05) is 0 Å². The Kier molecular flexibility index (Phi) is 3.91. The van der Waals surface area contributed by atoms with Gasteiger partial charge in [-0.2, -0.15) is 0 Å². The molecule has 0 radical (unpaired) electrons. The standard InChI is InChI=1S/C20H17N3O6S/c24-17-13-5-1-4-8-16(13)30(27,28)23(17)11-10-22-18(25)20(21-19(22)26)9-12-29-15-7-3-2-6-14(15)20/h1-8H,9-12H2,(H,21,26)/t20-/m1/s1. The van der Waals surface area contributed by atoms with Crippen LogP contribution in [0.25, 0.3) is 0 Å². The average molecular weight is 427 g/mol. The van der Waals surface area contributed by atoms with Gasteiger partial charge in [-0.15, -0.1) is 0 Å². The molecule has 3 aliphatic heterocycles. The number of fused-ring (bicyclic) bond motifs is 3. The number of benzene rings is 2. The third kappa shape index (κ3) is 2.40. The van der Waals surface area contributed by atoms with Gasteiger partial charge in [0.2, 0.25) is 0 Å². The lowest BCUT2D eigenvalue weighted by Gasteiger charge is -2.33. The quantitative estimate of drug-likeness (QED) is 0.733. The molecule has 3 heterocycles. The Hall–Kier alpha value is -3.40. The lowest BCUT2D eigenvalue weighted by atomic mass is 9.84. The summed E-state index contributed by atoms with van der Waals surface area (Å²) >= 11 is 0. The third-order valence-corrected chi connectivity index (χ3v) is 7.54. The molecule has 0 bridgehead atoms. The van der Waals surface area contributed by atoms with Crippen LogP contribution in [0.2, 0.25) is 0 Å². The summed E-state index contributed by atoms with van der Waals surface area (Å²) in [5.74, 6) is -0.624. The molecule has 0 unspecified atom stereocenters. The van der Waals surface area contributed by atoms with Gasteiger partial charge >= 0.3 is 6.03 Å². The van der Waals surface area contributed by atoms with E-state index in [-0.39, 0.29) is 36.6 Å². The van der Waals surface area contributed by atoms with Gasteiger partial charge in [-0.1, -0.05) is 30.3 Å². The predicted molar refractivity (Wildman–Crippen MR) is 103 cm³/mol. The number of nitrogens with one attached hydrogen (secondary N) is 1. The van der Waals surface area contributed by atoms with Gasteiger partial charge < -0.3 is 10.1 Å². The van der Waals surface area contributed by atoms with Gasteiger partial charge in [0.1, 0.15) is 10.6 Å². The Morgan fingerprint density at radius 3 is 2.53 bits per heavy atom. The van der Waals surface area contributed by atoms with Gasteiger partial charge in [-0.3, -0.25) is 14.5 Å². The van der Waals surface area contributed by atoms with Gasteiger partial charge in [-0.05, 0) is 18.2 Å². The van der Waals surface area contributed by atoms with Crippen molar-refractivity contribution in [1.29, 1.82) is 0 Å². The van der Waals surface area contributed by atoms with Crippen molar-refractivity contribution < 1.29 is 27.5 Å². The molecule has 0 aliphatic carbocycles. The van der Waals surface area contributed by atoms with E-state index in [4.69, 9.17) is 4.74 Å². The van der Waals surface area contributed by atoms with Gasteiger partial charge in [0, 0.05) is 18.5 Å². The summed E-state index contributed by atoms with van der Waals surface area (Å²) in [4.78, 5) is 39.4. The molecule has 9 nitrogen and oxygen atoms in total. The van der Waals surface area contributed by atoms with Crippen molar-refractivity contribution in [3.63, 3.8) is 0 Å². The lowest BCUT2D eigenvalue weighted by molar-refractivity contribution is -0.132. The fourth-order valence-electron chi connectivity index (χ4n) is 4.22. The zero-order chi connectivity index (χ0) is 21.1. The second-order valence-corrected chi connectivity index (χ2v) is 9.10. The van der Waals surface area contributed by atoms with Gasteiger partial charge in [0.15, 0.2) is 5.54 Å². The molecule has 154 valence electrons. The summed E-state index contributed by atoms with van der Waals surface area (Å²) in [5.41, 5.74) is -0.595. The number of carbonyl (C=O) groups excluding carboxylic acids is 3. The Morgan fingerprint density at radius 1 is 1.00 bits per heavy atom.